The van der Waals surface area contributed by atoms with Crippen molar-refractivity contribution in [2.24, 2.45) is 0 Å². The molecule has 25 heavy (non-hydrogen) atoms. The third-order valence-electron chi connectivity index (χ3n) is 4.76. The molecule has 7 heteroatoms. The molecule has 6 nitrogen and oxygen atoms in total. The summed E-state index contributed by atoms with van der Waals surface area (Å²) < 4.78 is 34.2. The molecule has 1 saturated carbocycles. The molecule has 0 bridgehead atoms. The number of anilines is 1. The SMILES string of the molecule is CC(=O)N1CC(C)(C)Oc2ccc(S(=O)(=O)NC3CCCCC3)cc21. The fourth-order valence-corrected chi connectivity index (χ4v) is 4.87. The molecule has 1 aliphatic heterocycles. The Labute approximate surface area is 149 Å². The number of sulfonamides is 1. The number of hydrogen-bond donors (Lipinski definition) is 1. The first-order valence-corrected chi connectivity index (χ1v) is 10.3. The maximum Gasteiger partial charge on any atom is 0.240 e. The van der Waals surface area contributed by atoms with E-state index in [1.807, 2.05) is 13.8 Å². The summed E-state index contributed by atoms with van der Waals surface area (Å²) in [6.45, 7) is 5.67. The first-order valence-electron chi connectivity index (χ1n) is 8.81. The van der Waals surface area contributed by atoms with E-state index in [0.29, 0.717) is 18.0 Å². The summed E-state index contributed by atoms with van der Waals surface area (Å²) >= 11 is 0. The maximum absolute atomic E-state index is 12.7. The number of carbonyl (C=O) groups is 1. The molecule has 1 heterocycles. The fraction of sp³-hybridized carbons (Fsp3) is 0.611. The van der Waals surface area contributed by atoms with Crippen molar-refractivity contribution in [2.75, 3.05) is 11.4 Å². The van der Waals surface area contributed by atoms with Crippen molar-refractivity contribution < 1.29 is 17.9 Å². The normalized spacial score (nSPS) is 20.7. The minimum absolute atomic E-state index is 0.00567. The van der Waals surface area contributed by atoms with Crippen LogP contribution in [0.5, 0.6) is 5.75 Å². The van der Waals surface area contributed by atoms with Gasteiger partial charge < -0.3 is 9.64 Å². The summed E-state index contributed by atoms with van der Waals surface area (Å²) in [5, 5.41) is 0. The lowest BCUT2D eigenvalue weighted by molar-refractivity contribution is -0.117. The van der Waals surface area contributed by atoms with Crippen LogP contribution in [-0.4, -0.2) is 32.5 Å². The number of fused-ring (bicyclic) bond motifs is 1. The Morgan fingerprint density at radius 3 is 2.56 bits per heavy atom. The quantitative estimate of drug-likeness (QED) is 0.892. The van der Waals surface area contributed by atoms with Crippen LogP contribution >= 0.6 is 0 Å². The lowest BCUT2D eigenvalue weighted by Crippen LogP contribution is -2.48. The molecule has 3 rings (SSSR count). The molecular weight excluding hydrogens is 340 g/mol. The summed E-state index contributed by atoms with van der Waals surface area (Å²) in [4.78, 5) is 13.8. The van der Waals surface area contributed by atoms with Gasteiger partial charge in [0.2, 0.25) is 15.9 Å². The van der Waals surface area contributed by atoms with E-state index in [0.717, 1.165) is 32.1 Å². The predicted molar refractivity (Wildman–Crippen MR) is 96.4 cm³/mol. The van der Waals surface area contributed by atoms with Crippen LogP contribution in [0.2, 0.25) is 0 Å². The molecule has 2 aliphatic rings. The largest absolute Gasteiger partial charge is 0.484 e. The van der Waals surface area contributed by atoms with Gasteiger partial charge in [-0.05, 0) is 44.9 Å². The average Bonchev–Trinajstić information content (AvgIpc) is 2.53. The fourth-order valence-electron chi connectivity index (χ4n) is 3.55. The first kappa shape index (κ1) is 18.2. The monoisotopic (exact) mass is 366 g/mol. The Morgan fingerprint density at radius 1 is 1.24 bits per heavy atom. The Bertz CT molecular complexity index is 767. The Hall–Kier alpha value is -1.60. The van der Waals surface area contributed by atoms with Gasteiger partial charge in [0.25, 0.3) is 0 Å². The van der Waals surface area contributed by atoms with Crippen LogP contribution in [0.15, 0.2) is 23.1 Å². The van der Waals surface area contributed by atoms with Gasteiger partial charge in [0.05, 0.1) is 17.1 Å². The molecule has 0 radical (unpaired) electrons. The van der Waals surface area contributed by atoms with E-state index in [1.165, 1.54) is 13.0 Å². The molecule has 1 amide bonds. The van der Waals surface area contributed by atoms with Crippen molar-refractivity contribution in [3.05, 3.63) is 18.2 Å². The molecule has 1 fully saturated rings. The Balaban J connectivity index is 1.91. The maximum atomic E-state index is 12.7. The van der Waals surface area contributed by atoms with Gasteiger partial charge in [-0.15, -0.1) is 0 Å². The van der Waals surface area contributed by atoms with Crippen molar-refractivity contribution in [3.63, 3.8) is 0 Å². The van der Waals surface area contributed by atoms with Crippen LogP contribution in [0.3, 0.4) is 0 Å². The number of nitrogens with one attached hydrogen (secondary N) is 1. The summed E-state index contributed by atoms with van der Waals surface area (Å²) in [5.41, 5.74) is -0.00212. The third kappa shape index (κ3) is 3.98. The standard InChI is InChI=1S/C18H26N2O4S/c1-13(21)20-12-18(2,3)24-17-10-9-15(11-16(17)20)25(22,23)19-14-7-5-4-6-8-14/h9-11,14,19H,4-8,12H2,1-3H3. The van der Waals surface area contributed by atoms with Gasteiger partial charge in [-0.25, -0.2) is 13.1 Å². The number of ether oxygens (including phenoxy) is 1. The van der Waals surface area contributed by atoms with E-state index >= 15 is 0 Å². The van der Waals surface area contributed by atoms with Gasteiger partial charge in [-0.1, -0.05) is 19.3 Å². The molecule has 1 aliphatic carbocycles. The highest BCUT2D eigenvalue weighted by Gasteiger charge is 2.34. The minimum Gasteiger partial charge on any atom is -0.484 e. The third-order valence-corrected chi connectivity index (χ3v) is 6.28. The number of amides is 1. The van der Waals surface area contributed by atoms with Gasteiger partial charge in [0.1, 0.15) is 11.4 Å². The molecule has 0 saturated heterocycles. The van der Waals surface area contributed by atoms with E-state index in [1.54, 1.807) is 17.0 Å². The van der Waals surface area contributed by atoms with E-state index < -0.39 is 15.6 Å². The van der Waals surface area contributed by atoms with Crippen molar-refractivity contribution in [2.45, 2.75) is 69.4 Å². The second kappa shape index (κ2) is 6.61. The van der Waals surface area contributed by atoms with Crippen LogP contribution in [0.25, 0.3) is 0 Å². The molecule has 0 unspecified atom stereocenters. The van der Waals surface area contributed by atoms with Crippen LogP contribution in [0.4, 0.5) is 5.69 Å². The number of nitrogens with zero attached hydrogens (tertiary/aromatic N) is 1. The van der Waals surface area contributed by atoms with Crippen LogP contribution in [-0.2, 0) is 14.8 Å². The topological polar surface area (TPSA) is 75.7 Å². The van der Waals surface area contributed by atoms with E-state index in [2.05, 4.69) is 4.72 Å². The van der Waals surface area contributed by atoms with Crippen molar-refractivity contribution in [1.29, 1.82) is 0 Å². The summed E-state index contributed by atoms with van der Waals surface area (Å²) in [6.07, 6.45) is 5.02. The summed E-state index contributed by atoms with van der Waals surface area (Å²) in [6, 6.07) is 4.72. The second-order valence-corrected chi connectivity index (χ2v) is 9.27. The number of benzene rings is 1. The average molecular weight is 366 g/mol. The minimum atomic E-state index is -3.61. The molecule has 138 valence electrons. The lowest BCUT2D eigenvalue weighted by Gasteiger charge is -2.39. The van der Waals surface area contributed by atoms with Crippen molar-refractivity contribution in [1.82, 2.24) is 4.72 Å². The molecular formula is C18H26N2O4S. The number of rotatable bonds is 3. The highest BCUT2D eigenvalue weighted by molar-refractivity contribution is 7.89. The van der Waals surface area contributed by atoms with Crippen molar-refractivity contribution >= 4 is 21.6 Å². The van der Waals surface area contributed by atoms with Crippen LogP contribution in [0.1, 0.15) is 52.9 Å². The summed E-state index contributed by atoms with van der Waals surface area (Å²) in [5.74, 6) is 0.399. The van der Waals surface area contributed by atoms with E-state index in [-0.39, 0.29) is 16.8 Å². The molecule has 1 aromatic rings. The van der Waals surface area contributed by atoms with E-state index in [4.69, 9.17) is 4.74 Å². The Morgan fingerprint density at radius 2 is 1.92 bits per heavy atom. The van der Waals surface area contributed by atoms with Crippen molar-refractivity contribution in [3.8, 4) is 5.75 Å². The van der Waals surface area contributed by atoms with Gasteiger partial charge in [0.15, 0.2) is 0 Å². The molecule has 0 spiro atoms. The van der Waals surface area contributed by atoms with Gasteiger partial charge >= 0.3 is 0 Å². The molecule has 0 atom stereocenters. The number of hydrogen-bond acceptors (Lipinski definition) is 4. The van der Waals surface area contributed by atoms with Gasteiger partial charge in [0, 0.05) is 13.0 Å². The van der Waals surface area contributed by atoms with Gasteiger partial charge in [-0.2, -0.15) is 0 Å². The summed E-state index contributed by atoms with van der Waals surface area (Å²) in [7, 11) is -3.61. The zero-order valence-electron chi connectivity index (χ0n) is 15.0. The van der Waals surface area contributed by atoms with Crippen LogP contribution in [0, 0.1) is 0 Å². The highest BCUT2D eigenvalue weighted by Crippen LogP contribution is 2.38. The smallest absolute Gasteiger partial charge is 0.240 e. The molecule has 1 N–H and O–H groups in total. The lowest BCUT2D eigenvalue weighted by atomic mass is 9.96. The predicted octanol–water partition coefficient (Wildman–Crippen LogP) is 2.82. The number of carbonyl (C=O) groups excluding carboxylic acids is 1. The van der Waals surface area contributed by atoms with Crippen LogP contribution < -0.4 is 14.4 Å². The second-order valence-electron chi connectivity index (χ2n) is 7.55. The first-order chi connectivity index (χ1) is 11.7. The Kier molecular flexibility index (Phi) is 4.81. The molecule has 0 aromatic heterocycles. The highest BCUT2D eigenvalue weighted by atomic mass is 32.2. The zero-order valence-corrected chi connectivity index (χ0v) is 15.9. The van der Waals surface area contributed by atoms with E-state index in [9.17, 15) is 13.2 Å². The zero-order chi connectivity index (χ0) is 18.2. The molecule has 1 aromatic carbocycles. The van der Waals surface area contributed by atoms with Gasteiger partial charge in [-0.3, -0.25) is 4.79 Å².